The zero-order chi connectivity index (χ0) is 89.2. The summed E-state index contributed by atoms with van der Waals surface area (Å²) in [5.41, 5.74) is 30.2. The molecule has 8 heteroatoms. The number of halogens is 4. The van der Waals surface area contributed by atoms with Gasteiger partial charge in [0.1, 0.15) is 46.3 Å². The van der Waals surface area contributed by atoms with Crippen LogP contribution in [0.3, 0.4) is 0 Å². The van der Waals surface area contributed by atoms with Crippen LogP contribution in [0.1, 0.15) is 108 Å². The number of ether oxygens (including phenoxy) is 2. The van der Waals surface area contributed by atoms with Gasteiger partial charge in [0, 0.05) is 57.4 Å². The first-order valence-corrected chi connectivity index (χ1v) is 44.0. The van der Waals surface area contributed by atoms with Gasteiger partial charge < -0.3 is 19.3 Å². The Balaban J connectivity index is 0.636. The summed E-state index contributed by atoms with van der Waals surface area (Å²) in [7, 11) is 0. The lowest BCUT2D eigenvalue weighted by atomic mass is 9.67. The van der Waals surface area contributed by atoms with Crippen LogP contribution in [0.5, 0.6) is 23.0 Å². The average Bonchev–Trinajstić information content (AvgIpc) is 1.54. The van der Waals surface area contributed by atoms with Crippen molar-refractivity contribution < 1.29 is 27.0 Å². The molecule has 0 heterocycles. The van der Waals surface area contributed by atoms with Gasteiger partial charge in [0.05, 0.1) is 10.8 Å². The molecule has 0 saturated heterocycles. The predicted octanol–water partition coefficient (Wildman–Crippen LogP) is 33.7. The van der Waals surface area contributed by atoms with Crippen molar-refractivity contribution in [2.75, 3.05) is 9.80 Å². The minimum Gasteiger partial charge on any atom is -0.457 e. The van der Waals surface area contributed by atoms with Crippen molar-refractivity contribution in [1.82, 2.24) is 0 Å². The van der Waals surface area contributed by atoms with Gasteiger partial charge in [-0.2, -0.15) is 0 Å². The molecule has 0 aromatic heterocycles. The van der Waals surface area contributed by atoms with Gasteiger partial charge in [0.15, 0.2) is 0 Å². The fourth-order valence-electron chi connectivity index (χ4n) is 19.2. The maximum atomic E-state index is 15.5. The van der Waals surface area contributed by atoms with Crippen molar-refractivity contribution >= 4 is 46.3 Å². The summed E-state index contributed by atoms with van der Waals surface area (Å²) in [4.78, 5) is 4.39. The fraction of sp³-hybridized carbons (Fsp3) is 0.0820. The Morgan fingerprint density at radius 1 is 0.238 bits per heavy atom. The van der Waals surface area contributed by atoms with Crippen LogP contribution in [0.25, 0.3) is 90.0 Å². The lowest BCUT2D eigenvalue weighted by Gasteiger charge is -2.34. The van der Waals surface area contributed by atoms with Gasteiger partial charge >= 0.3 is 0 Å². The predicted molar refractivity (Wildman–Crippen MR) is 528 cm³/mol. The van der Waals surface area contributed by atoms with Crippen molar-refractivity contribution in [3.05, 3.63) is 516 Å². The monoisotopic (exact) mass is 1690 g/mol. The Hall–Kier alpha value is -15.6. The molecule has 0 N–H and O–H groups in total. The highest BCUT2D eigenvalue weighted by molar-refractivity contribution is 5.92. The van der Waals surface area contributed by atoms with E-state index in [4.69, 9.17) is 9.47 Å². The normalized spacial score (nSPS) is 14.2. The molecule has 20 rings (SSSR count). The molecular weight excluding hydrogens is 1600 g/mol. The summed E-state index contributed by atoms with van der Waals surface area (Å²) in [5.74, 6) is 0.394. The molecular formula is C122H92F4N2O2. The summed E-state index contributed by atoms with van der Waals surface area (Å²) >= 11 is 0. The van der Waals surface area contributed by atoms with Gasteiger partial charge in [-0.05, 0) is 302 Å². The maximum Gasteiger partial charge on any atom is 0.133 e. The van der Waals surface area contributed by atoms with E-state index < -0.39 is 34.1 Å². The van der Waals surface area contributed by atoms with E-state index >= 15 is 8.78 Å². The van der Waals surface area contributed by atoms with Gasteiger partial charge in [0.2, 0.25) is 0 Å². The first-order chi connectivity index (χ1) is 63.2. The van der Waals surface area contributed by atoms with Crippen LogP contribution < -0.4 is 19.3 Å². The first-order valence-electron chi connectivity index (χ1n) is 44.0. The molecule has 0 amide bonds. The van der Waals surface area contributed by atoms with Crippen LogP contribution in [0.2, 0.25) is 0 Å². The Labute approximate surface area is 758 Å². The lowest BCUT2D eigenvalue weighted by molar-refractivity contribution is 0.482. The van der Waals surface area contributed by atoms with E-state index in [1.54, 1.807) is 0 Å². The van der Waals surface area contributed by atoms with Crippen LogP contribution in [0.15, 0.2) is 426 Å². The van der Waals surface area contributed by atoms with Crippen molar-refractivity contribution in [2.45, 2.75) is 63.2 Å². The van der Waals surface area contributed by atoms with Gasteiger partial charge in [-0.1, -0.05) is 310 Å². The summed E-state index contributed by atoms with van der Waals surface area (Å²) in [6.07, 6.45) is 3.65. The number of fused-ring (bicyclic) bond motifs is 6. The molecule has 2 atom stereocenters. The van der Waals surface area contributed by atoms with Gasteiger partial charge in [-0.25, -0.2) is 17.6 Å². The van der Waals surface area contributed by atoms with Crippen LogP contribution >= 0.6 is 0 Å². The Kier molecular flexibility index (Phi) is 21.4. The van der Waals surface area contributed by atoms with E-state index in [-0.39, 0.29) is 10.8 Å². The molecule has 630 valence electrons. The molecule has 4 nitrogen and oxygen atoms in total. The molecule has 0 spiro atoms. The van der Waals surface area contributed by atoms with E-state index in [0.717, 1.165) is 136 Å². The number of rotatable bonds is 21. The standard InChI is InChI=1S/C122H92F4N2O2/c1-9-79-19-63-103(64-20-79)129-105-67-45-93(46-68-105)121(91-41-37-89(38-42-91)119(3,4)5)113-17-13-11-15-109(113)111-71-35-87(75-115(111)121)83-27-55-99(56-28-83)127(101-59-31-85(32-60-101)107-73-49-95(123)77-117(107)125)97-51-23-81(24-52-97)82-25-53-98(54-26-82)128(102-61-33-86(34-62-102)108-74-50-96(124)78-118(108)126)100-57-29-84(30-58-100)88-36-72-112-110-16-12-14-18-114(110)122(116(112)76-88,92-43-39-90(40-44-92)120(6,7)8)94-47-69-106(70-48-94)130-104-65-21-80(10-2)22-66-104/h9-78H,1-2H2,3-8H3. The number of hydrogen-bond acceptors (Lipinski definition) is 4. The van der Waals surface area contributed by atoms with E-state index in [1.807, 2.05) is 109 Å². The molecule has 0 radical (unpaired) electrons. The van der Waals surface area contributed by atoms with Gasteiger partial charge in [0.25, 0.3) is 0 Å². The van der Waals surface area contributed by atoms with Crippen LogP contribution in [0.4, 0.5) is 51.7 Å². The van der Waals surface area contributed by atoms with Gasteiger partial charge in [-0.15, -0.1) is 0 Å². The first kappa shape index (κ1) is 82.6. The average molecular weight is 1690 g/mol. The minimum atomic E-state index is -0.706. The Morgan fingerprint density at radius 2 is 0.485 bits per heavy atom. The highest BCUT2D eigenvalue weighted by Gasteiger charge is 2.48. The number of nitrogens with zero attached hydrogens (tertiary/aromatic N) is 2. The molecule has 2 aliphatic carbocycles. The smallest absolute Gasteiger partial charge is 0.133 e. The second-order valence-electron chi connectivity index (χ2n) is 35.8. The highest BCUT2D eigenvalue weighted by Crippen LogP contribution is 2.60. The summed E-state index contributed by atoms with van der Waals surface area (Å²) in [6.45, 7) is 21.4. The van der Waals surface area contributed by atoms with Crippen molar-refractivity contribution in [3.63, 3.8) is 0 Å². The molecule has 130 heavy (non-hydrogen) atoms. The Bertz CT molecular complexity index is 6840. The fourth-order valence-corrected chi connectivity index (χ4v) is 19.2. The van der Waals surface area contributed by atoms with Crippen LogP contribution in [-0.2, 0) is 21.7 Å². The third-order valence-electron chi connectivity index (χ3n) is 26.0. The quantitative estimate of drug-likeness (QED) is 0.0670. The second-order valence-corrected chi connectivity index (χ2v) is 35.8. The van der Waals surface area contributed by atoms with Crippen molar-refractivity contribution in [3.8, 4) is 101 Å². The van der Waals surface area contributed by atoms with Gasteiger partial charge in [-0.3, -0.25) is 0 Å². The number of benzene rings is 18. The number of anilines is 6. The SMILES string of the molecule is C=Cc1ccc(Oc2ccc(C3(c4ccc(C(C)(C)C)cc4)c4ccccc4-c4ccc(-c5ccc(N(c6ccc(-c7ccc(N(c8ccc(-c9ccc%10c(c9)C(c9ccc(Oc%11ccc(C=C)cc%11)cc9)(c9ccc(C(C)(C)C)cc9)c9ccccc9-%10)cc8)c8ccc(-c9ccc(F)cc9F)cc8)cc7)cc6)c6ccc(-c7ccc(F)cc7F)cc6)cc5)cc43)cc2)cc1. The van der Waals surface area contributed by atoms with E-state index in [0.29, 0.717) is 22.3 Å². The zero-order valence-corrected chi connectivity index (χ0v) is 73.1. The molecule has 2 unspecified atom stereocenters. The van der Waals surface area contributed by atoms with E-state index in [2.05, 4.69) is 344 Å². The second kappa shape index (κ2) is 33.6. The van der Waals surface area contributed by atoms with Crippen molar-refractivity contribution in [1.29, 1.82) is 0 Å². The molecule has 0 saturated carbocycles. The third-order valence-corrected chi connectivity index (χ3v) is 26.0. The molecule has 18 aromatic carbocycles. The molecule has 18 aromatic rings. The van der Waals surface area contributed by atoms with Crippen molar-refractivity contribution in [2.24, 2.45) is 0 Å². The third kappa shape index (κ3) is 15.2. The Morgan fingerprint density at radius 3 is 0.769 bits per heavy atom. The minimum absolute atomic E-state index is 0.0590. The molecule has 2 aliphatic rings. The van der Waals surface area contributed by atoms with Crippen LogP contribution in [0, 0.1) is 23.3 Å². The van der Waals surface area contributed by atoms with E-state index in [9.17, 15) is 8.78 Å². The summed E-state index contributed by atoms with van der Waals surface area (Å²) < 4.78 is 72.7. The zero-order valence-electron chi connectivity index (χ0n) is 73.1. The molecule has 0 bridgehead atoms. The molecule has 0 fully saturated rings. The molecule has 0 aliphatic heterocycles. The maximum absolute atomic E-state index is 15.5. The van der Waals surface area contributed by atoms with Crippen LogP contribution in [-0.4, -0.2) is 0 Å². The lowest BCUT2D eigenvalue weighted by Crippen LogP contribution is -2.29. The largest absolute Gasteiger partial charge is 0.457 e. The topological polar surface area (TPSA) is 24.9 Å². The van der Waals surface area contributed by atoms with E-state index in [1.165, 1.54) is 79.9 Å². The number of hydrogen-bond donors (Lipinski definition) is 0. The summed E-state index contributed by atoms with van der Waals surface area (Å²) in [6, 6.07) is 140. The highest BCUT2D eigenvalue weighted by atomic mass is 19.1. The summed E-state index contributed by atoms with van der Waals surface area (Å²) in [5, 5.41) is 0.